The summed E-state index contributed by atoms with van der Waals surface area (Å²) < 4.78 is 4.62. The summed E-state index contributed by atoms with van der Waals surface area (Å²) in [7, 11) is 3.50. The monoisotopic (exact) mass is 251 g/mol. The summed E-state index contributed by atoms with van der Waals surface area (Å²) >= 11 is 0. The molecule has 0 bridgehead atoms. The molecule has 0 amide bonds. The highest BCUT2D eigenvalue weighted by Crippen LogP contribution is 2.07. The van der Waals surface area contributed by atoms with E-state index in [9.17, 15) is 4.79 Å². The second-order valence-corrected chi connectivity index (χ2v) is 3.90. The van der Waals surface area contributed by atoms with Crippen molar-refractivity contribution < 1.29 is 9.53 Å². The second-order valence-electron chi connectivity index (χ2n) is 3.90. The quantitative estimate of drug-likeness (QED) is 0.754. The molecule has 0 aliphatic rings. The van der Waals surface area contributed by atoms with Gasteiger partial charge in [-0.1, -0.05) is 45.0 Å². The van der Waals surface area contributed by atoms with E-state index >= 15 is 0 Å². The number of esters is 1. The van der Waals surface area contributed by atoms with Gasteiger partial charge in [0.05, 0.1) is 13.5 Å². The lowest BCUT2D eigenvalue weighted by atomic mass is 10.1. The molecule has 3 heteroatoms. The Kier molecular flexibility index (Phi) is 8.93. The van der Waals surface area contributed by atoms with Gasteiger partial charge in [-0.3, -0.25) is 4.79 Å². The summed E-state index contributed by atoms with van der Waals surface area (Å²) in [4.78, 5) is 13.3. The van der Waals surface area contributed by atoms with Crippen LogP contribution in [-0.4, -0.2) is 31.6 Å². The maximum atomic E-state index is 11.1. The molecule has 0 aromatic heterocycles. The van der Waals surface area contributed by atoms with Crippen molar-refractivity contribution in [2.75, 3.05) is 20.7 Å². The average Bonchev–Trinajstić information content (AvgIpc) is 2.43. The molecule has 1 aromatic carbocycles. The van der Waals surface area contributed by atoms with Gasteiger partial charge in [0.25, 0.3) is 0 Å². The van der Waals surface area contributed by atoms with Crippen molar-refractivity contribution in [2.24, 2.45) is 0 Å². The van der Waals surface area contributed by atoms with Crippen LogP contribution in [0.1, 0.15) is 31.9 Å². The lowest BCUT2D eigenvalue weighted by molar-refractivity contribution is -0.139. The number of ether oxygens (including phenoxy) is 1. The van der Waals surface area contributed by atoms with E-state index in [0.29, 0.717) is 6.42 Å². The fraction of sp³-hybridized carbons (Fsp3) is 0.533. The molecular weight excluding hydrogens is 226 g/mol. The Hall–Kier alpha value is -1.35. The van der Waals surface area contributed by atoms with E-state index in [1.54, 1.807) is 0 Å². The predicted molar refractivity (Wildman–Crippen MR) is 75.5 cm³/mol. The van der Waals surface area contributed by atoms with Crippen molar-refractivity contribution in [1.82, 2.24) is 4.90 Å². The normalized spacial score (nSPS) is 9.67. The van der Waals surface area contributed by atoms with Gasteiger partial charge in [-0.25, -0.2) is 0 Å². The predicted octanol–water partition coefficient (Wildman–Crippen LogP) is 2.88. The van der Waals surface area contributed by atoms with Gasteiger partial charge in [-0.2, -0.15) is 0 Å². The van der Waals surface area contributed by atoms with Crippen LogP contribution in [0.2, 0.25) is 0 Å². The van der Waals surface area contributed by atoms with E-state index in [1.807, 2.05) is 26.0 Å². The van der Waals surface area contributed by atoms with Crippen molar-refractivity contribution in [1.29, 1.82) is 0 Å². The molecule has 0 fully saturated rings. The van der Waals surface area contributed by atoms with Crippen LogP contribution in [0, 0.1) is 0 Å². The number of benzene rings is 1. The summed E-state index contributed by atoms with van der Waals surface area (Å²) in [5.74, 6) is -0.196. The molecule has 102 valence electrons. The van der Waals surface area contributed by atoms with Crippen molar-refractivity contribution >= 4 is 5.97 Å². The van der Waals surface area contributed by atoms with E-state index < -0.39 is 0 Å². The molecule has 0 saturated heterocycles. The number of nitrogens with zero attached hydrogens (tertiary/aromatic N) is 1. The van der Waals surface area contributed by atoms with E-state index in [0.717, 1.165) is 18.7 Å². The molecule has 1 aromatic rings. The largest absolute Gasteiger partial charge is 0.469 e. The summed E-state index contributed by atoms with van der Waals surface area (Å²) in [5.41, 5.74) is 2.26. The molecule has 0 spiro atoms. The Morgan fingerprint density at radius 2 is 1.67 bits per heavy atom. The van der Waals surface area contributed by atoms with Crippen molar-refractivity contribution in [3.8, 4) is 0 Å². The van der Waals surface area contributed by atoms with Crippen LogP contribution >= 0.6 is 0 Å². The van der Waals surface area contributed by atoms with Crippen LogP contribution in [0.25, 0.3) is 0 Å². The molecule has 0 radical (unpaired) electrons. The standard InChI is InChI=1S/C13H19NO2.C2H6/c1-4-14(2)10-12-7-5-11(6-8-12)9-13(15)16-3;1-2/h5-8H,4,9-10H2,1-3H3;1-2H3. The summed E-state index contributed by atoms with van der Waals surface area (Å²) in [6, 6.07) is 8.08. The number of carbonyl (C=O) groups is 1. The highest BCUT2D eigenvalue weighted by molar-refractivity contribution is 5.72. The maximum Gasteiger partial charge on any atom is 0.309 e. The highest BCUT2D eigenvalue weighted by Gasteiger charge is 2.03. The first kappa shape index (κ1) is 16.6. The summed E-state index contributed by atoms with van der Waals surface area (Å²) in [6.45, 7) is 8.10. The molecule has 0 saturated carbocycles. The summed E-state index contributed by atoms with van der Waals surface area (Å²) in [5, 5.41) is 0. The fourth-order valence-corrected chi connectivity index (χ4v) is 1.42. The van der Waals surface area contributed by atoms with Crippen molar-refractivity contribution in [3.63, 3.8) is 0 Å². The summed E-state index contributed by atoms with van der Waals surface area (Å²) in [6.07, 6.45) is 0.348. The molecule has 1 rings (SSSR count). The molecule has 0 aliphatic heterocycles. The van der Waals surface area contributed by atoms with Crippen molar-refractivity contribution in [2.45, 2.75) is 33.7 Å². The zero-order valence-electron chi connectivity index (χ0n) is 12.2. The van der Waals surface area contributed by atoms with E-state index in [2.05, 4.69) is 35.7 Å². The third kappa shape index (κ3) is 6.40. The third-order valence-corrected chi connectivity index (χ3v) is 2.59. The van der Waals surface area contributed by atoms with Crippen LogP contribution in [0.5, 0.6) is 0 Å². The molecule has 0 atom stereocenters. The Balaban J connectivity index is 0.00000137. The minimum absolute atomic E-state index is 0.196. The number of hydrogen-bond donors (Lipinski definition) is 0. The third-order valence-electron chi connectivity index (χ3n) is 2.59. The van der Waals surface area contributed by atoms with Crippen LogP contribution < -0.4 is 0 Å². The lowest BCUT2D eigenvalue weighted by Crippen LogP contribution is -2.16. The smallest absolute Gasteiger partial charge is 0.309 e. The van der Waals surface area contributed by atoms with Crippen LogP contribution in [0.3, 0.4) is 0 Å². The molecule has 18 heavy (non-hydrogen) atoms. The van der Waals surface area contributed by atoms with E-state index in [4.69, 9.17) is 0 Å². The van der Waals surface area contributed by atoms with Gasteiger partial charge < -0.3 is 9.64 Å². The first-order chi connectivity index (χ1) is 8.65. The van der Waals surface area contributed by atoms with Gasteiger partial charge in [0.2, 0.25) is 0 Å². The SMILES string of the molecule is CC.CCN(C)Cc1ccc(CC(=O)OC)cc1. The first-order valence-electron chi connectivity index (χ1n) is 6.49. The van der Waals surface area contributed by atoms with Gasteiger partial charge in [0, 0.05) is 6.54 Å². The van der Waals surface area contributed by atoms with Gasteiger partial charge in [0.15, 0.2) is 0 Å². The topological polar surface area (TPSA) is 29.5 Å². The van der Waals surface area contributed by atoms with Gasteiger partial charge in [0.1, 0.15) is 0 Å². The minimum Gasteiger partial charge on any atom is -0.469 e. The van der Waals surface area contributed by atoms with E-state index in [-0.39, 0.29) is 5.97 Å². The van der Waals surface area contributed by atoms with Gasteiger partial charge in [-0.15, -0.1) is 0 Å². The molecule has 0 heterocycles. The molecule has 0 unspecified atom stereocenters. The second kappa shape index (κ2) is 9.66. The average molecular weight is 251 g/mol. The van der Waals surface area contributed by atoms with Crippen LogP contribution in [-0.2, 0) is 22.5 Å². The number of methoxy groups -OCH3 is 1. The molecule has 0 N–H and O–H groups in total. The minimum atomic E-state index is -0.196. The molecular formula is C15H25NO2. The van der Waals surface area contributed by atoms with Crippen molar-refractivity contribution in [3.05, 3.63) is 35.4 Å². The number of hydrogen-bond acceptors (Lipinski definition) is 3. The lowest BCUT2D eigenvalue weighted by Gasteiger charge is -2.13. The number of rotatable bonds is 5. The van der Waals surface area contributed by atoms with Gasteiger partial charge >= 0.3 is 5.97 Å². The fourth-order valence-electron chi connectivity index (χ4n) is 1.42. The Labute approximate surface area is 111 Å². The molecule has 0 aliphatic carbocycles. The first-order valence-corrected chi connectivity index (χ1v) is 6.49. The molecule has 3 nitrogen and oxygen atoms in total. The Morgan fingerprint density at radius 1 is 1.17 bits per heavy atom. The number of carbonyl (C=O) groups excluding carboxylic acids is 1. The maximum absolute atomic E-state index is 11.1. The van der Waals surface area contributed by atoms with E-state index in [1.165, 1.54) is 12.7 Å². The van der Waals surface area contributed by atoms with Crippen LogP contribution in [0.4, 0.5) is 0 Å². The zero-order valence-corrected chi connectivity index (χ0v) is 12.2. The zero-order chi connectivity index (χ0) is 14.0. The highest BCUT2D eigenvalue weighted by atomic mass is 16.5. The van der Waals surface area contributed by atoms with Crippen LogP contribution in [0.15, 0.2) is 24.3 Å². The Bertz CT molecular complexity index is 333. The Morgan fingerprint density at radius 3 is 2.11 bits per heavy atom. The van der Waals surface area contributed by atoms with Gasteiger partial charge in [-0.05, 0) is 24.7 Å².